The van der Waals surface area contributed by atoms with Gasteiger partial charge in [-0.25, -0.2) is 0 Å². The molecule has 4 atom stereocenters. The summed E-state index contributed by atoms with van der Waals surface area (Å²) in [5, 5.41) is 81.5. The van der Waals surface area contributed by atoms with Gasteiger partial charge in [-0.2, -0.15) is 0 Å². The number of benzene rings is 4. The lowest BCUT2D eigenvalue weighted by Gasteiger charge is -2.22. The minimum Gasteiger partial charge on any atom is -0.504 e. The lowest BCUT2D eigenvalue weighted by molar-refractivity contribution is 0.0644. The number of aliphatic hydroxyl groups excluding tert-OH is 5. The van der Waals surface area contributed by atoms with Gasteiger partial charge >= 0.3 is 0 Å². The van der Waals surface area contributed by atoms with Crippen molar-refractivity contribution < 1.29 is 88.6 Å². The standard InChI is InChI=1S/C34H54O12.C18H22O4.C4H9ClO2.CH4/c1-27(23-29-3-5-31(43-19-15-39-11-7-35)33(25-29)45-21-17-41-13-9-37)28(2)24-30-4-6-32(44-20-16-40-12-8-36)34(26-30)46-22-18-42-14-10-38;1-11(7-13-3-5-15(19)17(21)9-13)12(2)8-14-4-6-16(20)18(22)10-14;5-1-3-7-4-2-6;/h3-6,25-28,35-38H,7-24H2,1-2H3;3-6,9-12,19-22H,7-8H2,1-2H3;6H,1-4H2;1H4/t27-,28+;11-,12+;;. The van der Waals surface area contributed by atoms with E-state index in [9.17, 15) is 20.4 Å². The van der Waals surface area contributed by atoms with E-state index in [0.29, 0.717) is 119 Å². The molecule has 0 aromatic heterocycles. The summed E-state index contributed by atoms with van der Waals surface area (Å²) >= 11 is 5.23. The Kier molecular flexibility index (Phi) is 39.3. The van der Waals surface area contributed by atoms with Gasteiger partial charge in [0.25, 0.3) is 0 Å². The van der Waals surface area contributed by atoms with Crippen LogP contribution in [0.15, 0.2) is 72.8 Å². The molecule has 4 rings (SSSR count). The van der Waals surface area contributed by atoms with Crippen LogP contribution in [-0.4, -0.2) is 177 Å². The van der Waals surface area contributed by atoms with Gasteiger partial charge < -0.3 is 88.6 Å². The van der Waals surface area contributed by atoms with Crippen molar-refractivity contribution in [3.8, 4) is 46.0 Å². The van der Waals surface area contributed by atoms with Crippen LogP contribution in [0.1, 0.15) is 57.4 Å². The highest BCUT2D eigenvalue weighted by Crippen LogP contribution is 2.34. The van der Waals surface area contributed by atoms with Crippen LogP contribution in [0, 0.1) is 23.7 Å². The van der Waals surface area contributed by atoms with Crippen LogP contribution in [0.2, 0.25) is 0 Å². The normalized spacial score (nSPS) is 12.4. The maximum atomic E-state index is 9.54. The van der Waals surface area contributed by atoms with Crippen molar-refractivity contribution in [3.05, 3.63) is 95.1 Å². The van der Waals surface area contributed by atoms with Gasteiger partial charge in [0, 0.05) is 5.88 Å². The van der Waals surface area contributed by atoms with Crippen LogP contribution in [0.4, 0.5) is 0 Å². The number of hydrogen-bond acceptors (Lipinski definition) is 18. The van der Waals surface area contributed by atoms with Crippen molar-refractivity contribution >= 4 is 11.6 Å². The number of halogens is 1. The Balaban J connectivity index is 0.000000790. The summed E-state index contributed by atoms with van der Waals surface area (Å²) in [7, 11) is 0. The van der Waals surface area contributed by atoms with Crippen molar-refractivity contribution in [2.45, 2.75) is 60.8 Å². The van der Waals surface area contributed by atoms with Gasteiger partial charge in [0.05, 0.1) is 99.1 Å². The van der Waals surface area contributed by atoms with Crippen molar-refractivity contribution in [2.75, 3.05) is 131 Å². The quantitative estimate of drug-likeness (QED) is 0.0128. The van der Waals surface area contributed by atoms with Gasteiger partial charge in [0.2, 0.25) is 0 Å². The van der Waals surface area contributed by atoms with Gasteiger partial charge in [-0.15, -0.1) is 11.6 Å². The number of phenols is 4. The average molecular weight is 1100 g/mol. The number of alkyl halides is 1. The van der Waals surface area contributed by atoms with Gasteiger partial charge in [-0.1, -0.05) is 59.4 Å². The largest absolute Gasteiger partial charge is 0.504 e. The maximum absolute atomic E-state index is 9.54. The fourth-order valence-corrected chi connectivity index (χ4v) is 7.35. The summed E-state index contributed by atoms with van der Waals surface area (Å²) in [6.45, 7) is 13.3. The van der Waals surface area contributed by atoms with E-state index in [-0.39, 0.29) is 89.9 Å². The number of ether oxygens (including phenoxy) is 9. The fraction of sp³-hybridized carbons (Fsp3) is 0.579. The Labute approximate surface area is 455 Å². The SMILES string of the molecule is C.C[C@H](Cc1ccc(O)c(O)c1)[C@@H](C)Cc1ccc(O)c(O)c1.C[C@H](Cc1ccc(OCCOCCO)c(OCCOCCO)c1)[C@@H](C)Cc1ccc(OCCOCCO)c(OCCOCCO)c1.OCCOCCCl. The van der Waals surface area contributed by atoms with E-state index in [2.05, 4.69) is 27.7 Å². The van der Waals surface area contributed by atoms with E-state index in [0.717, 1.165) is 47.9 Å². The zero-order valence-electron chi connectivity index (χ0n) is 44.3. The zero-order valence-corrected chi connectivity index (χ0v) is 45.0. The second kappa shape index (κ2) is 43.2. The Morgan fingerprint density at radius 3 is 0.868 bits per heavy atom. The summed E-state index contributed by atoms with van der Waals surface area (Å²) in [6, 6.07) is 21.7. The Morgan fingerprint density at radius 1 is 0.329 bits per heavy atom. The third-order valence-corrected chi connectivity index (χ3v) is 11.8. The molecule has 432 valence electrons. The molecule has 0 aliphatic carbocycles. The molecule has 0 amide bonds. The Morgan fingerprint density at radius 2 is 0.592 bits per heavy atom. The highest BCUT2D eigenvalue weighted by molar-refractivity contribution is 6.17. The molecule has 4 aromatic carbocycles. The molecule has 0 aliphatic rings. The predicted octanol–water partition coefficient (Wildman–Crippen LogP) is 6.73. The second-order valence-corrected chi connectivity index (χ2v) is 18.1. The van der Waals surface area contributed by atoms with E-state index in [1.807, 2.05) is 48.5 Å². The zero-order chi connectivity index (χ0) is 55.1. The molecule has 0 radical (unpaired) electrons. The molecule has 76 heavy (non-hydrogen) atoms. The summed E-state index contributed by atoms with van der Waals surface area (Å²) in [5.74, 6) is 3.95. The monoisotopic (exact) mass is 1100 g/mol. The highest BCUT2D eigenvalue weighted by atomic mass is 35.5. The minimum atomic E-state index is -0.107. The van der Waals surface area contributed by atoms with E-state index in [1.54, 1.807) is 12.1 Å². The molecule has 9 N–H and O–H groups in total. The first-order valence-electron chi connectivity index (χ1n) is 25.6. The number of phenolic OH excluding ortho intramolecular Hbond substituents is 4. The third kappa shape index (κ3) is 30.2. The fourth-order valence-electron chi connectivity index (χ4n) is 7.24. The van der Waals surface area contributed by atoms with Crippen LogP contribution in [0.25, 0.3) is 0 Å². The summed E-state index contributed by atoms with van der Waals surface area (Å²) in [6.07, 6.45) is 3.25. The van der Waals surface area contributed by atoms with Gasteiger partial charge in [-0.3, -0.25) is 0 Å². The molecule has 0 heterocycles. The summed E-state index contributed by atoms with van der Waals surface area (Å²) < 4.78 is 49.8. The average Bonchev–Trinajstić information content (AvgIpc) is 3.39. The van der Waals surface area contributed by atoms with Gasteiger partial charge in [0.1, 0.15) is 26.4 Å². The topological polar surface area (TPSA) is 265 Å². The highest BCUT2D eigenvalue weighted by Gasteiger charge is 2.19. The van der Waals surface area contributed by atoms with Gasteiger partial charge in [0.15, 0.2) is 46.0 Å². The molecule has 4 aromatic rings. The number of hydrogen-bond donors (Lipinski definition) is 9. The molecule has 0 aliphatic heterocycles. The van der Waals surface area contributed by atoms with Crippen molar-refractivity contribution in [1.29, 1.82) is 0 Å². The van der Waals surface area contributed by atoms with Crippen molar-refractivity contribution in [3.63, 3.8) is 0 Å². The predicted molar refractivity (Wildman–Crippen MR) is 293 cm³/mol. The van der Waals surface area contributed by atoms with Crippen LogP contribution >= 0.6 is 11.6 Å². The molecule has 0 saturated heterocycles. The van der Waals surface area contributed by atoms with Crippen LogP contribution < -0.4 is 18.9 Å². The van der Waals surface area contributed by atoms with Crippen LogP contribution in [0.3, 0.4) is 0 Å². The minimum absolute atomic E-state index is 0. The lowest BCUT2D eigenvalue weighted by atomic mass is 9.85. The Bertz CT molecular complexity index is 1920. The third-order valence-electron chi connectivity index (χ3n) is 11.6. The molecule has 0 saturated carbocycles. The van der Waals surface area contributed by atoms with Gasteiger partial charge in [-0.05, 0) is 120 Å². The number of aromatic hydroxyl groups is 4. The molecular formula is C57H89ClO18. The number of rotatable bonds is 38. The number of aliphatic hydroxyl groups is 5. The molecule has 0 spiro atoms. The van der Waals surface area contributed by atoms with E-state index >= 15 is 0 Å². The summed E-state index contributed by atoms with van der Waals surface area (Å²) in [4.78, 5) is 0. The van der Waals surface area contributed by atoms with Crippen LogP contribution in [0.5, 0.6) is 46.0 Å². The first kappa shape index (κ1) is 69.2. The van der Waals surface area contributed by atoms with Crippen molar-refractivity contribution in [2.24, 2.45) is 23.7 Å². The lowest BCUT2D eigenvalue weighted by Crippen LogP contribution is -2.15. The first-order valence-corrected chi connectivity index (χ1v) is 26.1. The Hall–Kier alpha value is -4.83. The second-order valence-electron chi connectivity index (χ2n) is 17.7. The summed E-state index contributed by atoms with van der Waals surface area (Å²) in [5.41, 5.74) is 4.19. The molecule has 19 heteroatoms. The van der Waals surface area contributed by atoms with Crippen molar-refractivity contribution in [1.82, 2.24) is 0 Å². The smallest absolute Gasteiger partial charge is 0.161 e. The molecule has 0 bridgehead atoms. The van der Waals surface area contributed by atoms with E-state index in [1.165, 1.54) is 12.1 Å². The first-order chi connectivity index (χ1) is 36.3. The van der Waals surface area contributed by atoms with Crippen LogP contribution in [-0.2, 0) is 49.4 Å². The molecule has 0 unspecified atom stereocenters. The maximum Gasteiger partial charge on any atom is 0.161 e. The van der Waals surface area contributed by atoms with E-state index in [4.69, 9.17) is 79.8 Å². The molecule has 18 nitrogen and oxygen atoms in total. The van der Waals surface area contributed by atoms with E-state index < -0.39 is 0 Å². The molecule has 0 fully saturated rings. The molecular weight excluding hydrogens is 1010 g/mol.